The molecule has 3 nitrogen and oxygen atoms in total. The molecule has 1 heterocycles. The number of nitrogens with two attached hydrogens (primary N) is 1. The zero-order valence-electron chi connectivity index (χ0n) is 9.47. The van der Waals surface area contributed by atoms with Crippen LogP contribution in [0.4, 0.5) is 0 Å². The van der Waals surface area contributed by atoms with Crippen molar-refractivity contribution in [2.45, 2.75) is 16.5 Å². The summed E-state index contributed by atoms with van der Waals surface area (Å²) in [6.07, 6.45) is 0. The van der Waals surface area contributed by atoms with Gasteiger partial charge in [-0.15, -0.1) is 11.3 Å². The number of thiophene rings is 1. The molecule has 0 aliphatic rings. The number of hydrogen-bond acceptors (Lipinski definition) is 4. The summed E-state index contributed by atoms with van der Waals surface area (Å²) < 4.78 is 24.6. The molecule has 0 atom stereocenters. The van der Waals surface area contributed by atoms with Gasteiger partial charge in [0.15, 0.2) is 9.84 Å². The molecule has 2 N–H and O–H groups in total. The molecule has 96 valence electrons. The first-order valence-electron chi connectivity index (χ1n) is 5.26. The highest BCUT2D eigenvalue weighted by Crippen LogP contribution is 2.25. The lowest BCUT2D eigenvalue weighted by molar-refractivity contribution is 0.597. The number of benzene rings is 1. The van der Waals surface area contributed by atoms with Gasteiger partial charge in [0.25, 0.3) is 0 Å². The quantitative estimate of drug-likeness (QED) is 0.944. The van der Waals surface area contributed by atoms with Crippen LogP contribution in [0.15, 0.2) is 39.9 Å². The van der Waals surface area contributed by atoms with Gasteiger partial charge in [-0.05, 0) is 28.6 Å². The first-order valence-corrected chi connectivity index (χ1v) is 8.17. The smallest absolute Gasteiger partial charge is 0.191 e. The molecule has 0 amide bonds. The molecule has 2 aromatic rings. The Kier molecular flexibility index (Phi) is 4.07. The second-order valence-electron chi connectivity index (χ2n) is 3.82. The van der Waals surface area contributed by atoms with E-state index in [9.17, 15) is 8.42 Å². The van der Waals surface area contributed by atoms with Crippen LogP contribution in [0.3, 0.4) is 0 Å². The van der Waals surface area contributed by atoms with Crippen molar-refractivity contribution in [3.05, 3.63) is 51.9 Å². The third kappa shape index (κ3) is 2.92. The maximum atomic E-state index is 12.1. The van der Waals surface area contributed by atoms with Crippen LogP contribution in [0.1, 0.15) is 11.1 Å². The predicted molar refractivity (Wildman–Crippen MR) is 74.6 cm³/mol. The molecule has 2 rings (SSSR count). The molecular formula is C12H12ClNO2S2. The summed E-state index contributed by atoms with van der Waals surface area (Å²) in [6, 6.07) is 8.54. The summed E-state index contributed by atoms with van der Waals surface area (Å²) in [6.45, 7) is 0.387. The highest BCUT2D eigenvalue weighted by molar-refractivity contribution is 7.92. The lowest BCUT2D eigenvalue weighted by atomic mass is 10.1. The Bertz CT molecular complexity index is 636. The maximum Gasteiger partial charge on any atom is 0.191 e. The summed E-state index contributed by atoms with van der Waals surface area (Å²) in [5.41, 5.74) is 6.98. The van der Waals surface area contributed by atoms with Crippen molar-refractivity contribution in [1.29, 1.82) is 0 Å². The van der Waals surface area contributed by atoms with Crippen LogP contribution in [0.2, 0.25) is 5.02 Å². The average molecular weight is 302 g/mol. The SMILES string of the molecule is NCc1ccc(CS(=O)(=O)c2cccs2)c(Cl)c1. The van der Waals surface area contributed by atoms with E-state index in [1.165, 1.54) is 11.3 Å². The van der Waals surface area contributed by atoms with Crippen molar-refractivity contribution in [3.63, 3.8) is 0 Å². The Labute approximate surface area is 115 Å². The van der Waals surface area contributed by atoms with Gasteiger partial charge >= 0.3 is 0 Å². The minimum atomic E-state index is -3.31. The largest absolute Gasteiger partial charge is 0.326 e. The topological polar surface area (TPSA) is 60.2 Å². The van der Waals surface area contributed by atoms with E-state index in [1.807, 2.05) is 0 Å². The fourth-order valence-electron chi connectivity index (χ4n) is 1.55. The molecule has 1 aromatic heterocycles. The number of sulfone groups is 1. The molecular weight excluding hydrogens is 290 g/mol. The maximum absolute atomic E-state index is 12.1. The van der Waals surface area contributed by atoms with Crippen LogP contribution in [-0.2, 0) is 22.1 Å². The summed E-state index contributed by atoms with van der Waals surface area (Å²) >= 11 is 7.27. The first kappa shape index (κ1) is 13.5. The van der Waals surface area contributed by atoms with Crippen LogP contribution in [-0.4, -0.2) is 8.42 Å². The summed E-state index contributed by atoms with van der Waals surface area (Å²) in [5, 5.41) is 2.18. The van der Waals surface area contributed by atoms with Crippen LogP contribution in [0.25, 0.3) is 0 Å². The van der Waals surface area contributed by atoms with Gasteiger partial charge in [-0.3, -0.25) is 0 Å². The van der Waals surface area contributed by atoms with Crippen molar-refractivity contribution in [1.82, 2.24) is 0 Å². The van der Waals surface area contributed by atoms with Gasteiger partial charge in [-0.25, -0.2) is 8.42 Å². The van der Waals surface area contributed by atoms with Crippen molar-refractivity contribution < 1.29 is 8.42 Å². The van der Waals surface area contributed by atoms with E-state index in [1.54, 1.807) is 35.7 Å². The molecule has 18 heavy (non-hydrogen) atoms. The van der Waals surface area contributed by atoms with Gasteiger partial charge in [0.2, 0.25) is 0 Å². The molecule has 0 aliphatic heterocycles. The summed E-state index contributed by atoms with van der Waals surface area (Å²) in [4.78, 5) is 0. The standard InChI is InChI=1S/C12H12ClNO2S2/c13-11-6-9(7-14)3-4-10(11)8-18(15,16)12-2-1-5-17-12/h1-6H,7-8,14H2. The van der Waals surface area contributed by atoms with Gasteiger partial charge < -0.3 is 5.73 Å². The van der Waals surface area contributed by atoms with Crippen molar-refractivity contribution >= 4 is 32.8 Å². The second kappa shape index (κ2) is 5.40. The van der Waals surface area contributed by atoms with E-state index in [-0.39, 0.29) is 5.75 Å². The van der Waals surface area contributed by atoms with Crippen molar-refractivity contribution in [3.8, 4) is 0 Å². The molecule has 0 spiro atoms. The molecule has 6 heteroatoms. The summed E-state index contributed by atoms with van der Waals surface area (Å²) in [7, 11) is -3.31. The second-order valence-corrected chi connectivity index (χ2v) is 7.39. The third-order valence-corrected chi connectivity index (χ3v) is 6.00. The van der Waals surface area contributed by atoms with E-state index in [2.05, 4.69) is 0 Å². The van der Waals surface area contributed by atoms with Gasteiger partial charge in [0.05, 0.1) is 5.75 Å². The number of rotatable bonds is 4. The predicted octanol–water partition coefficient (Wildman–Crippen LogP) is 2.83. The fraction of sp³-hybridized carbons (Fsp3) is 0.167. The van der Waals surface area contributed by atoms with E-state index in [4.69, 9.17) is 17.3 Å². The Balaban J connectivity index is 2.30. The zero-order chi connectivity index (χ0) is 13.2. The Morgan fingerprint density at radius 1 is 1.28 bits per heavy atom. The highest BCUT2D eigenvalue weighted by atomic mass is 35.5. The monoisotopic (exact) mass is 301 g/mol. The zero-order valence-corrected chi connectivity index (χ0v) is 11.9. The molecule has 0 aliphatic carbocycles. The van der Waals surface area contributed by atoms with E-state index >= 15 is 0 Å². The Morgan fingerprint density at radius 2 is 2.06 bits per heavy atom. The Morgan fingerprint density at radius 3 is 2.61 bits per heavy atom. The summed E-state index contributed by atoms with van der Waals surface area (Å²) in [5.74, 6) is -0.0861. The number of halogens is 1. The van der Waals surface area contributed by atoms with Gasteiger partial charge in [0.1, 0.15) is 4.21 Å². The van der Waals surface area contributed by atoms with E-state index in [0.717, 1.165) is 5.56 Å². The highest BCUT2D eigenvalue weighted by Gasteiger charge is 2.18. The van der Waals surface area contributed by atoms with Crippen LogP contribution in [0, 0.1) is 0 Å². The molecule has 0 radical (unpaired) electrons. The number of hydrogen-bond donors (Lipinski definition) is 1. The van der Waals surface area contributed by atoms with Crippen LogP contribution in [0.5, 0.6) is 0 Å². The molecule has 0 unspecified atom stereocenters. The van der Waals surface area contributed by atoms with Crippen molar-refractivity contribution in [2.24, 2.45) is 5.73 Å². The van der Waals surface area contributed by atoms with Gasteiger partial charge in [0, 0.05) is 11.6 Å². The van der Waals surface area contributed by atoms with Crippen molar-refractivity contribution in [2.75, 3.05) is 0 Å². The average Bonchev–Trinajstić information content (AvgIpc) is 2.86. The third-order valence-electron chi connectivity index (χ3n) is 2.50. The molecule has 0 fully saturated rings. The van der Waals surface area contributed by atoms with E-state index in [0.29, 0.717) is 21.3 Å². The minimum Gasteiger partial charge on any atom is -0.326 e. The molecule has 0 saturated heterocycles. The normalized spacial score (nSPS) is 11.7. The van der Waals surface area contributed by atoms with Crippen LogP contribution >= 0.6 is 22.9 Å². The molecule has 0 saturated carbocycles. The Hall–Kier alpha value is -0.880. The van der Waals surface area contributed by atoms with Crippen LogP contribution < -0.4 is 5.73 Å². The van der Waals surface area contributed by atoms with Gasteiger partial charge in [-0.1, -0.05) is 29.8 Å². The molecule has 1 aromatic carbocycles. The van der Waals surface area contributed by atoms with Gasteiger partial charge in [-0.2, -0.15) is 0 Å². The minimum absolute atomic E-state index is 0.0861. The first-order chi connectivity index (χ1) is 8.53. The fourth-order valence-corrected chi connectivity index (χ4v) is 4.37. The van der Waals surface area contributed by atoms with E-state index < -0.39 is 9.84 Å². The lowest BCUT2D eigenvalue weighted by Gasteiger charge is -2.06. The lowest BCUT2D eigenvalue weighted by Crippen LogP contribution is -2.04. The molecule has 0 bridgehead atoms.